The Morgan fingerprint density at radius 1 is 0.978 bits per heavy atom. The van der Waals surface area contributed by atoms with Crippen LogP contribution < -0.4 is 4.90 Å². The van der Waals surface area contributed by atoms with E-state index in [0.717, 1.165) is 30.0 Å². The number of benzene rings is 2. The fraction of sp³-hybridized carbons (Fsp3) is 0.600. The number of carbonyl (C=O) groups excluding carboxylic acids is 1. The number of carbonyl (C=O) groups is 2. The lowest BCUT2D eigenvalue weighted by Crippen LogP contribution is -2.58. The molecule has 7 nitrogen and oxygen atoms in total. The number of hydrogen-bond acceptors (Lipinski definition) is 5. The molecule has 1 N–H and O–H groups in total. The van der Waals surface area contributed by atoms with Gasteiger partial charge in [-0.1, -0.05) is 42.8 Å². The zero-order valence-electron chi connectivity index (χ0n) is 26.2. The van der Waals surface area contributed by atoms with Gasteiger partial charge in [0.25, 0.3) is 5.91 Å². The number of hydrogen-bond donors (Lipinski definition) is 1. The van der Waals surface area contributed by atoms with Gasteiger partial charge in [0, 0.05) is 81.0 Å². The number of aliphatic carboxylic acids is 1. The Morgan fingerprint density at radius 3 is 2.37 bits per heavy atom. The number of carboxylic acids is 1. The maximum absolute atomic E-state index is 17.7. The summed E-state index contributed by atoms with van der Waals surface area (Å²) in [5.41, 5.74) is -0.677. The molecule has 0 bridgehead atoms. The summed E-state index contributed by atoms with van der Waals surface area (Å²) in [6, 6.07) is 11.1. The topological polar surface area (TPSA) is 73.3 Å². The first-order valence-corrected chi connectivity index (χ1v) is 16.4. The van der Waals surface area contributed by atoms with Crippen molar-refractivity contribution in [1.82, 2.24) is 9.80 Å². The molecule has 0 aromatic heterocycles. The molecule has 4 saturated heterocycles. The minimum Gasteiger partial charge on any atom is -0.481 e. The molecule has 2 aromatic carbocycles. The molecule has 46 heavy (non-hydrogen) atoms. The zero-order chi connectivity index (χ0) is 32.6. The Labute approximate surface area is 266 Å². The number of amides is 1. The second kappa shape index (κ2) is 11.2. The van der Waals surface area contributed by atoms with E-state index in [-0.39, 0.29) is 38.0 Å². The van der Waals surface area contributed by atoms with E-state index in [9.17, 15) is 27.9 Å². The van der Waals surface area contributed by atoms with Gasteiger partial charge in [0.1, 0.15) is 0 Å². The predicted octanol–water partition coefficient (Wildman–Crippen LogP) is 5.62. The van der Waals surface area contributed by atoms with Crippen LogP contribution in [0.4, 0.5) is 23.2 Å². The van der Waals surface area contributed by atoms with Crippen LogP contribution in [0.5, 0.6) is 0 Å². The summed E-state index contributed by atoms with van der Waals surface area (Å²) in [6.07, 6.45) is -2.42. The lowest BCUT2D eigenvalue weighted by molar-refractivity contribution is -0.145. The molecular formula is C35H41F4N3O4. The first kappa shape index (κ1) is 31.4. The Balaban J connectivity index is 1.25. The van der Waals surface area contributed by atoms with Crippen molar-refractivity contribution in [2.75, 3.05) is 50.8 Å². The number of fused-ring (bicyclic) bond motifs is 6. The Bertz CT molecular complexity index is 1510. The van der Waals surface area contributed by atoms with Crippen molar-refractivity contribution in [2.45, 2.75) is 75.3 Å². The van der Waals surface area contributed by atoms with E-state index >= 15 is 4.39 Å². The van der Waals surface area contributed by atoms with Crippen LogP contribution in [-0.2, 0) is 20.5 Å². The van der Waals surface area contributed by atoms with Gasteiger partial charge < -0.3 is 19.6 Å². The number of alkyl halides is 4. The van der Waals surface area contributed by atoms with Crippen LogP contribution in [0.15, 0.2) is 42.5 Å². The first-order chi connectivity index (χ1) is 21.8. The molecule has 0 radical (unpaired) electrons. The largest absolute Gasteiger partial charge is 0.481 e. The van der Waals surface area contributed by atoms with Crippen molar-refractivity contribution in [3.8, 4) is 0 Å². The number of likely N-dealkylation sites (tertiary alicyclic amines) is 2. The van der Waals surface area contributed by atoms with Gasteiger partial charge in [-0.15, -0.1) is 0 Å². The number of rotatable bonds is 4. The summed E-state index contributed by atoms with van der Waals surface area (Å²) in [7, 11) is 0. The van der Waals surface area contributed by atoms with E-state index in [4.69, 9.17) is 4.74 Å². The highest BCUT2D eigenvalue weighted by molar-refractivity contribution is 5.88. The molecule has 5 aliphatic rings. The summed E-state index contributed by atoms with van der Waals surface area (Å²) in [4.78, 5) is 32.3. The third-order valence-electron chi connectivity index (χ3n) is 11.7. The number of ether oxygens (including phenoxy) is 1. The van der Waals surface area contributed by atoms with E-state index in [1.807, 2.05) is 43.0 Å². The Hall–Kier alpha value is -3.18. The fourth-order valence-electron chi connectivity index (χ4n) is 9.15. The predicted molar refractivity (Wildman–Crippen MR) is 164 cm³/mol. The molecule has 2 aromatic rings. The number of anilines is 1. The molecule has 0 spiro atoms. The summed E-state index contributed by atoms with van der Waals surface area (Å²) in [5, 5.41) is 9.91. The van der Waals surface area contributed by atoms with Crippen LogP contribution in [0.1, 0.15) is 66.7 Å². The van der Waals surface area contributed by atoms with Gasteiger partial charge in [0.05, 0.1) is 11.5 Å². The quantitative estimate of drug-likeness (QED) is 0.437. The molecule has 0 aliphatic carbocycles. The molecule has 6 atom stereocenters. The lowest BCUT2D eigenvalue weighted by Gasteiger charge is -2.54. The van der Waals surface area contributed by atoms with Gasteiger partial charge in [-0.25, -0.2) is 4.39 Å². The van der Waals surface area contributed by atoms with E-state index in [1.165, 1.54) is 12.1 Å². The van der Waals surface area contributed by atoms with Crippen molar-refractivity contribution in [2.24, 2.45) is 11.3 Å². The van der Waals surface area contributed by atoms with Crippen LogP contribution in [0.3, 0.4) is 0 Å². The van der Waals surface area contributed by atoms with Crippen LogP contribution in [0.2, 0.25) is 0 Å². The van der Waals surface area contributed by atoms with E-state index in [1.54, 1.807) is 4.90 Å². The molecule has 248 valence electrons. The molecule has 5 heterocycles. The molecule has 5 aliphatic heterocycles. The maximum Gasteiger partial charge on any atom is 0.416 e. The van der Waals surface area contributed by atoms with Crippen LogP contribution >= 0.6 is 0 Å². The number of nitrogens with zero attached hydrogens (tertiary/aromatic N) is 3. The van der Waals surface area contributed by atoms with Gasteiger partial charge in [0.15, 0.2) is 0 Å². The van der Waals surface area contributed by atoms with Gasteiger partial charge in [0.2, 0.25) is 5.67 Å². The Morgan fingerprint density at radius 2 is 1.70 bits per heavy atom. The SMILES string of the molecule is Cc1ccc([C@@H]2CN(C3CCOCC3)C[C@@]2(F)C(=O)N2C[C@@H]3c4ccc(C(F)(F)F)cc4N4CCC(C(=O)O)C[C@H]4[C@]3(C)C2)cc1. The lowest BCUT2D eigenvalue weighted by atomic mass is 9.63. The average molecular weight is 644 g/mol. The van der Waals surface area contributed by atoms with Crippen molar-refractivity contribution < 1.29 is 37.0 Å². The molecule has 4 fully saturated rings. The molecule has 7 rings (SSSR count). The number of piperidine rings is 1. The molecule has 1 unspecified atom stereocenters. The summed E-state index contributed by atoms with van der Waals surface area (Å²) in [6.45, 7) is 6.20. The summed E-state index contributed by atoms with van der Waals surface area (Å²) < 4.78 is 64.8. The average Bonchev–Trinajstić information content (AvgIpc) is 3.59. The smallest absolute Gasteiger partial charge is 0.416 e. The molecular weight excluding hydrogens is 602 g/mol. The van der Waals surface area contributed by atoms with Crippen molar-refractivity contribution >= 4 is 17.6 Å². The van der Waals surface area contributed by atoms with Crippen LogP contribution in [-0.4, -0.2) is 90.5 Å². The normalized spacial score (nSPS) is 33.4. The summed E-state index contributed by atoms with van der Waals surface area (Å²) >= 11 is 0. The summed E-state index contributed by atoms with van der Waals surface area (Å²) in [5.74, 6) is -3.20. The van der Waals surface area contributed by atoms with Crippen LogP contribution in [0.25, 0.3) is 0 Å². The second-order valence-corrected chi connectivity index (χ2v) is 14.4. The van der Waals surface area contributed by atoms with E-state index in [0.29, 0.717) is 44.0 Å². The van der Waals surface area contributed by atoms with Crippen molar-refractivity contribution in [3.63, 3.8) is 0 Å². The zero-order valence-corrected chi connectivity index (χ0v) is 26.2. The second-order valence-electron chi connectivity index (χ2n) is 14.4. The standard InChI is InChI=1S/C35H41F4N3O4/c1-21-3-5-22(6-4-21)27-17-40(25-10-13-46-14-11-25)20-34(27,36)32(45)41-18-28-26-8-7-24(35(37,38)39)16-29(26)42-12-9-23(31(43)44)15-30(42)33(28,2)19-41/h3-8,16,23,25,27-28,30H,9-15,17-20H2,1-2H3,(H,43,44)/t23?,27-,28+,30-,33+,34-/m0/s1. The third-order valence-corrected chi connectivity index (χ3v) is 11.7. The highest BCUT2D eigenvalue weighted by Gasteiger charge is 2.62. The van der Waals surface area contributed by atoms with Gasteiger partial charge >= 0.3 is 12.1 Å². The van der Waals surface area contributed by atoms with E-state index in [2.05, 4.69) is 4.90 Å². The first-order valence-electron chi connectivity index (χ1n) is 16.4. The highest BCUT2D eigenvalue weighted by atomic mass is 19.4. The highest BCUT2D eigenvalue weighted by Crippen LogP contribution is 2.58. The molecule has 11 heteroatoms. The van der Waals surface area contributed by atoms with Crippen molar-refractivity contribution in [1.29, 1.82) is 0 Å². The van der Waals surface area contributed by atoms with Gasteiger partial charge in [-0.3, -0.25) is 14.5 Å². The third kappa shape index (κ3) is 5.09. The monoisotopic (exact) mass is 643 g/mol. The number of halogens is 4. The minimum absolute atomic E-state index is 0.0326. The minimum atomic E-state index is -4.53. The Kier molecular flexibility index (Phi) is 7.66. The van der Waals surface area contributed by atoms with Crippen LogP contribution in [0, 0.1) is 18.3 Å². The number of aryl methyl sites for hydroxylation is 1. The fourth-order valence-corrected chi connectivity index (χ4v) is 9.15. The van der Waals surface area contributed by atoms with Gasteiger partial charge in [-0.05, 0) is 55.9 Å². The van der Waals surface area contributed by atoms with Gasteiger partial charge in [-0.2, -0.15) is 13.2 Å². The molecule has 0 saturated carbocycles. The van der Waals surface area contributed by atoms with E-state index < -0.39 is 52.6 Å². The maximum atomic E-state index is 17.7. The molecule has 1 amide bonds. The van der Waals surface area contributed by atoms with Crippen molar-refractivity contribution in [3.05, 3.63) is 64.7 Å². The number of carboxylic acid groups (broad SMARTS) is 1.